The third kappa shape index (κ3) is 1.69. The molecule has 0 aromatic heterocycles. The van der Waals surface area contributed by atoms with Crippen LogP contribution in [-0.4, -0.2) is 6.61 Å². The topological polar surface area (TPSA) is 33.0 Å². The van der Waals surface area contributed by atoms with Crippen molar-refractivity contribution in [2.24, 2.45) is 0 Å². The van der Waals surface area contributed by atoms with Crippen molar-refractivity contribution in [3.05, 3.63) is 28.8 Å². The van der Waals surface area contributed by atoms with Crippen LogP contribution in [0.3, 0.4) is 0 Å². The van der Waals surface area contributed by atoms with Crippen molar-refractivity contribution in [1.29, 1.82) is 5.26 Å². The van der Waals surface area contributed by atoms with Crippen LogP contribution in [0.2, 0.25) is 5.02 Å². The van der Waals surface area contributed by atoms with E-state index in [0.717, 1.165) is 0 Å². The highest BCUT2D eigenvalue weighted by Gasteiger charge is 2.05. The molecule has 3 heteroatoms. The van der Waals surface area contributed by atoms with E-state index in [2.05, 4.69) is 0 Å². The van der Waals surface area contributed by atoms with Gasteiger partial charge in [-0.2, -0.15) is 5.26 Å². The minimum absolute atomic E-state index is 0.404. The third-order valence-corrected chi connectivity index (χ3v) is 1.70. The lowest BCUT2D eigenvalue weighted by Crippen LogP contribution is -1.94. The fraction of sp³-hybridized carbons (Fsp3) is 0.222. The molecule has 0 aliphatic heterocycles. The lowest BCUT2D eigenvalue weighted by Gasteiger charge is -2.04. The summed E-state index contributed by atoms with van der Waals surface area (Å²) in [6.07, 6.45) is 0. The fourth-order valence-electron chi connectivity index (χ4n) is 0.889. The minimum Gasteiger partial charge on any atom is -0.492 e. The van der Waals surface area contributed by atoms with Gasteiger partial charge >= 0.3 is 0 Å². The zero-order chi connectivity index (χ0) is 8.97. The fourth-order valence-corrected chi connectivity index (χ4v) is 1.10. The maximum Gasteiger partial charge on any atom is 0.138 e. The molecule has 0 fully saturated rings. The van der Waals surface area contributed by atoms with E-state index in [1.807, 2.05) is 13.0 Å². The maximum atomic E-state index is 8.71. The average Bonchev–Trinajstić information content (AvgIpc) is 2.05. The second kappa shape index (κ2) is 3.99. The molecule has 0 aliphatic carbocycles. The summed E-state index contributed by atoms with van der Waals surface area (Å²) in [6.45, 7) is 2.40. The van der Waals surface area contributed by atoms with Gasteiger partial charge in [-0.1, -0.05) is 17.7 Å². The third-order valence-electron chi connectivity index (χ3n) is 1.39. The number of nitrogens with zero attached hydrogens (tertiary/aromatic N) is 1. The Balaban J connectivity index is 3.11. The van der Waals surface area contributed by atoms with Crippen molar-refractivity contribution in [1.82, 2.24) is 0 Å². The number of nitriles is 1. The Hall–Kier alpha value is -1.20. The summed E-state index contributed by atoms with van der Waals surface area (Å²) in [5.41, 5.74) is 0.404. The Morgan fingerprint density at radius 2 is 2.33 bits per heavy atom. The van der Waals surface area contributed by atoms with Crippen molar-refractivity contribution in [2.45, 2.75) is 6.92 Å². The van der Waals surface area contributed by atoms with Crippen LogP contribution in [0, 0.1) is 11.3 Å². The average molecular weight is 182 g/mol. The first-order valence-electron chi connectivity index (χ1n) is 3.61. The predicted molar refractivity (Wildman–Crippen MR) is 47.3 cm³/mol. The summed E-state index contributed by atoms with van der Waals surface area (Å²) in [6, 6.07) is 7.15. The van der Waals surface area contributed by atoms with E-state index in [9.17, 15) is 0 Å². The van der Waals surface area contributed by atoms with E-state index in [1.165, 1.54) is 0 Å². The quantitative estimate of drug-likeness (QED) is 0.703. The van der Waals surface area contributed by atoms with Crippen LogP contribution in [0.5, 0.6) is 5.75 Å². The van der Waals surface area contributed by atoms with Crippen LogP contribution >= 0.6 is 11.6 Å². The summed E-state index contributed by atoms with van der Waals surface area (Å²) in [4.78, 5) is 0. The van der Waals surface area contributed by atoms with Gasteiger partial charge in [-0.3, -0.25) is 0 Å². The van der Waals surface area contributed by atoms with Crippen molar-refractivity contribution >= 4 is 11.6 Å². The molecule has 0 unspecified atom stereocenters. The molecule has 1 aromatic rings. The van der Waals surface area contributed by atoms with Gasteiger partial charge < -0.3 is 4.74 Å². The Morgan fingerprint density at radius 3 is 2.92 bits per heavy atom. The first-order chi connectivity index (χ1) is 5.79. The second-order valence-electron chi connectivity index (χ2n) is 2.16. The highest BCUT2D eigenvalue weighted by atomic mass is 35.5. The molecule has 1 rings (SSSR count). The van der Waals surface area contributed by atoms with Crippen LogP contribution in [0.1, 0.15) is 12.5 Å². The van der Waals surface area contributed by atoms with Gasteiger partial charge in [-0.15, -0.1) is 0 Å². The van der Waals surface area contributed by atoms with Gasteiger partial charge in [-0.05, 0) is 19.1 Å². The van der Waals surface area contributed by atoms with Crippen LogP contribution < -0.4 is 4.74 Å². The molecule has 1 aromatic carbocycles. The summed E-state index contributed by atoms with van der Waals surface area (Å²) in [7, 11) is 0. The molecule has 2 nitrogen and oxygen atoms in total. The summed E-state index contributed by atoms with van der Waals surface area (Å²) in [5, 5.41) is 9.15. The molecule has 0 atom stereocenters. The van der Waals surface area contributed by atoms with Gasteiger partial charge in [0.1, 0.15) is 17.4 Å². The number of benzene rings is 1. The van der Waals surface area contributed by atoms with Crippen molar-refractivity contribution in [3.63, 3.8) is 0 Å². The molecule has 0 saturated heterocycles. The molecule has 0 spiro atoms. The predicted octanol–water partition coefficient (Wildman–Crippen LogP) is 2.61. The summed E-state index contributed by atoms with van der Waals surface area (Å²) >= 11 is 5.76. The Labute approximate surface area is 76.3 Å². The van der Waals surface area contributed by atoms with Crippen LogP contribution in [0.25, 0.3) is 0 Å². The Morgan fingerprint density at radius 1 is 1.58 bits per heavy atom. The summed E-state index contributed by atoms with van der Waals surface area (Å²) < 4.78 is 5.20. The second-order valence-corrected chi connectivity index (χ2v) is 2.56. The normalized spacial score (nSPS) is 9.08. The van der Waals surface area contributed by atoms with E-state index in [0.29, 0.717) is 22.9 Å². The van der Waals surface area contributed by atoms with E-state index in [-0.39, 0.29) is 0 Å². The molecule has 62 valence electrons. The lowest BCUT2D eigenvalue weighted by atomic mass is 10.2. The first kappa shape index (κ1) is 8.89. The number of hydrogen-bond acceptors (Lipinski definition) is 2. The molecule has 0 radical (unpaired) electrons. The minimum atomic E-state index is 0.404. The SMILES string of the molecule is CCOc1cccc(Cl)c1C#N. The van der Waals surface area contributed by atoms with E-state index >= 15 is 0 Å². The van der Waals surface area contributed by atoms with Crippen LogP contribution in [-0.2, 0) is 0 Å². The van der Waals surface area contributed by atoms with Gasteiger partial charge in [0.25, 0.3) is 0 Å². The molecule has 0 aliphatic rings. The highest BCUT2D eigenvalue weighted by molar-refractivity contribution is 6.31. The number of halogens is 1. The number of ether oxygens (including phenoxy) is 1. The molecule has 0 bridgehead atoms. The molecule has 0 heterocycles. The highest BCUT2D eigenvalue weighted by Crippen LogP contribution is 2.24. The Kier molecular flexibility index (Phi) is 2.95. The number of rotatable bonds is 2. The molecular weight excluding hydrogens is 174 g/mol. The molecule has 12 heavy (non-hydrogen) atoms. The molecular formula is C9H8ClNO. The lowest BCUT2D eigenvalue weighted by molar-refractivity contribution is 0.339. The van der Waals surface area contributed by atoms with Crippen molar-refractivity contribution < 1.29 is 4.74 Å². The van der Waals surface area contributed by atoms with Gasteiger partial charge in [-0.25, -0.2) is 0 Å². The number of hydrogen-bond donors (Lipinski definition) is 0. The van der Waals surface area contributed by atoms with E-state index in [1.54, 1.807) is 18.2 Å². The molecule has 0 amide bonds. The van der Waals surface area contributed by atoms with Gasteiger partial charge in [0, 0.05) is 0 Å². The van der Waals surface area contributed by atoms with Gasteiger partial charge in [0.15, 0.2) is 0 Å². The Bertz CT molecular complexity index is 317. The van der Waals surface area contributed by atoms with Gasteiger partial charge in [0.05, 0.1) is 11.6 Å². The summed E-state index contributed by atoms with van der Waals surface area (Å²) in [5.74, 6) is 0.549. The first-order valence-corrected chi connectivity index (χ1v) is 3.98. The van der Waals surface area contributed by atoms with Gasteiger partial charge in [0.2, 0.25) is 0 Å². The van der Waals surface area contributed by atoms with E-state index in [4.69, 9.17) is 21.6 Å². The molecule has 0 N–H and O–H groups in total. The zero-order valence-electron chi connectivity index (χ0n) is 6.67. The smallest absolute Gasteiger partial charge is 0.138 e. The standard InChI is InChI=1S/C9H8ClNO/c1-2-12-9-5-3-4-8(10)7(9)6-11/h3-5H,2H2,1H3. The largest absolute Gasteiger partial charge is 0.492 e. The van der Waals surface area contributed by atoms with E-state index < -0.39 is 0 Å². The maximum absolute atomic E-state index is 8.71. The van der Waals surface area contributed by atoms with Crippen molar-refractivity contribution in [2.75, 3.05) is 6.61 Å². The van der Waals surface area contributed by atoms with Crippen LogP contribution in [0.15, 0.2) is 18.2 Å². The van der Waals surface area contributed by atoms with Crippen molar-refractivity contribution in [3.8, 4) is 11.8 Å². The zero-order valence-corrected chi connectivity index (χ0v) is 7.43. The molecule has 0 saturated carbocycles. The monoisotopic (exact) mass is 181 g/mol. The van der Waals surface area contributed by atoms with Crippen LogP contribution in [0.4, 0.5) is 0 Å².